The molecule has 0 radical (unpaired) electrons. The number of carbonyl (C=O) groups excluding carboxylic acids is 1. The van der Waals surface area contributed by atoms with E-state index in [0.29, 0.717) is 12.6 Å². The minimum Gasteiger partial charge on any atom is -0.491 e. The number of ether oxygens (including phenoxy) is 1. The molecule has 1 aromatic heterocycles. The second-order valence-corrected chi connectivity index (χ2v) is 7.28. The Balaban J connectivity index is 1.62. The van der Waals surface area contributed by atoms with Gasteiger partial charge in [-0.3, -0.25) is 4.79 Å². The van der Waals surface area contributed by atoms with Crippen LogP contribution in [0.15, 0.2) is 22.7 Å². The summed E-state index contributed by atoms with van der Waals surface area (Å²) < 4.78 is 11.5. The molecule has 6 heteroatoms. The molecule has 2 aliphatic rings. The predicted octanol–water partition coefficient (Wildman–Crippen LogP) is 3.44. The summed E-state index contributed by atoms with van der Waals surface area (Å²) in [5, 5.41) is 10.5. The first-order valence-corrected chi connectivity index (χ1v) is 9.36. The molecule has 26 heavy (non-hydrogen) atoms. The predicted molar refractivity (Wildman–Crippen MR) is 99.3 cm³/mol. The van der Waals surface area contributed by atoms with Crippen LogP contribution in [0.3, 0.4) is 0 Å². The molecule has 1 saturated carbocycles. The van der Waals surface area contributed by atoms with Crippen molar-refractivity contribution < 1.29 is 14.1 Å². The molecule has 1 aliphatic heterocycles. The van der Waals surface area contributed by atoms with Crippen molar-refractivity contribution in [3.8, 4) is 16.9 Å². The first kappa shape index (κ1) is 17.1. The van der Waals surface area contributed by atoms with Crippen LogP contribution in [0.25, 0.3) is 11.1 Å². The van der Waals surface area contributed by atoms with Crippen LogP contribution in [-0.4, -0.2) is 30.3 Å². The fourth-order valence-electron chi connectivity index (χ4n) is 3.48. The summed E-state index contributed by atoms with van der Waals surface area (Å²) in [6.07, 6.45) is 4.29. The maximum atomic E-state index is 12.1. The Labute approximate surface area is 153 Å². The van der Waals surface area contributed by atoms with E-state index in [-0.39, 0.29) is 11.8 Å². The van der Waals surface area contributed by atoms with E-state index in [1.54, 1.807) is 0 Å². The van der Waals surface area contributed by atoms with E-state index < -0.39 is 0 Å². The van der Waals surface area contributed by atoms with E-state index in [1.165, 1.54) is 6.42 Å². The normalized spacial score (nSPS) is 19.5. The summed E-state index contributed by atoms with van der Waals surface area (Å²) in [7, 11) is 0. The molecule has 2 aromatic rings. The quantitative estimate of drug-likeness (QED) is 0.830. The highest BCUT2D eigenvalue weighted by atomic mass is 16.5. The Hall–Kier alpha value is -2.34. The number of nitrogens with one attached hydrogen (secondary N) is 2. The highest BCUT2D eigenvalue weighted by molar-refractivity contribution is 5.95. The van der Waals surface area contributed by atoms with Crippen molar-refractivity contribution in [2.24, 2.45) is 5.92 Å². The topological polar surface area (TPSA) is 76.4 Å². The Bertz CT molecular complexity index is 785. The van der Waals surface area contributed by atoms with Crippen molar-refractivity contribution in [2.45, 2.75) is 45.6 Å². The van der Waals surface area contributed by atoms with Crippen LogP contribution in [0, 0.1) is 19.8 Å². The number of benzene rings is 1. The summed E-state index contributed by atoms with van der Waals surface area (Å²) in [6, 6.07) is 6.18. The number of aryl methyl sites for hydroxylation is 2. The molecule has 1 amide bonds. The molecule has 2 N–H and O–H groups in total. The Morgan fingerprint density at radius 2 is 2.19 bits per heavy atom. The zero-order valence-corrected chi connectivity index (χ0v) is 15.3. The van der Waals surface area contributed by atoms with Crippen molar-refractivity contribution in [3.05, 3.63) is 29.7 Å². The molecular weight excluding hydrogens is 330 g/mol. The van der Waals surface area contributed by atoms with Crippen molar-refractivity contribution in [1.82, 2.24) is 10.5 Å². The molecule has 1 atom stereocenters. The molecule has 0 spiro atoms. The van der Waals surface area contributed by atoms with Crippen LogP contribution in [-0.2, 0) is 4.79 Å². The van der Waals surface area contributed by atoms with E-state index >= 15 is 0 Å². The Kier molecular flexibility index (Phi) is 4.68. The van der Waals surface area contributed by atoms with Gasteiger partial charge in [-0.2, -0.15) is 0 Å². The zero-order chi connectivity index (χ0) is 18.1. The first-order valence-electron chi connectivity index (χ1n) is 9.36. The lowest BCUT2D eigenvalue weighted by molar-refractivity contribution is -0.117. The van der Waals surface area contributed by atoms with E-state index in [9.17, 15) is 4.79 Å². The van der Waals surface area contributed by atoms with E-state index in [2.05, 4.69) is 15.8 Å². The van der Waals surface area contributed by atoms with E-state index in [1.807, 2.05) is 32.0 Å². The maximum absolute atomic E-state index is 12.1. The molecule has 4 rings (SSSR count). The second kappa shape index (κ2) is 7.11. The van der Waals surface area contributed by atoms with Crippen LogP contribution >= 0.6 is 0 Å². The Morgan fingerprint density at radius 1 is 1.35 bits per heavy atom. The van der Waals surface area contributed by atoms with Crippen molar-refractivity contribution in [1.29, 1.82) is 0 Å². The van der Waals surface area contributed by atoms with Crippen LogP contribution < -0.4 is 15.4 Å². The number of rotatable bonds is 6. The van der Waals surface area contributed by atoms with Crippen LogP contribution in [0.5, 0.6) is 5.75 Å². The summed E-state index contributed by atoms with van der Waals surface area (Å²) in [5.41, 5.74) is 3.44. The van der Waals surface area contributed by atoms with Crippen molar-refractivity contribution >= 4 is 11.6 Å². The molecule has 0 bridgehead atoms. The highest BCUT2D eigenvalue weighted by Gasteiger charge is 2.30. The second-order valence-electron chi connectivity index (χ2n) is 7.28. The number of aromatic nitrogens is 1. The lowest BCUT2D eigenvalue weighted by Crippen LogP contribution is -2.28. The largest absolute Gasteiger partial charge is 0.491 e. The van der Waals surface area contributed by atoms with Gasteiger partial charge in [-0.15, -0.1) is 0 Å². The van der Waals surface area contributed by atoms with Gasteiger partial charge in [-0.05, 0) is 64.3 Å². The van der Waals surface area contributed by atoms with Crippen molar-refractivity contribution in [2.75, 3.05) is 18.5 Å². The van der Waals surface area contributed by atoms with Gasteiger partial charge in [0.1, 0.15) is 18.1 Å². The highest BCUT2D eigenvalue weighted by Crippen LogP contribution is 2.37. The standard InChI is InChI=1S/C20H25N3O3/c1-12-19(13(2)26-23-12)17-10-15(22-20(24)14-5-6-14)7-8-18(17)25-11-16-4-3-9-21-16/h7-8,10,14,16,21H,3-6,9,11H2,1-2H3,(H,22,24)/t16-/m0/s1. The smallest absolute Gasteiger partial charge is 0.227 e. The van der Waals surface area contributed by atoms with Gasteiger partial charge in [0.15, 0.2) is 0 Å². The molecule has 2 fully saturated rings. The van der Waals surface area contributed by atoms with Gasteiger partial charge in [-0.1, -0.05) is 5.16 Å². The van der Waals surface area contributed by atoms with Gasteiger partial charge in [0.25, 0.3) is 0 Å². The summed E-state index contributed by atoms with van der Waals surface area (Å²) in [6.45, 7) is 5.50. The fourth-order valence-corrected chi connectivity index (χ4v) is 3.48. The average molecular weight is 355 g/mol. The first-order chi connectivity index (χ1) is 12.6. The number of carbonyl (C=O) groups is 1. The minimum atomic E-state index is 0.0959. The van der Waals surface area contributed by atoms with E-state index in [0.717, 1.165) is 59.8 Å². The summed E-state index contributed by atoms with van der Waals surface area (Å²) in [4.78, 5) is 12.1. The third-order valence-corrected chi connectivity index (χ3v) is 5.10. The number of anilines is 1. The van der Waals surface area contributed by atoms with Gasteiger partial charge in [0.2, 0.25) is 5.91 Å². The zero-order valence-electron chi connectivity index (χ0n) is 15.3. The average Bonchev–Trinajstić information content (AvgIpc) is 3.26. The number of hydrogen-bond acceptors (Lipinski definition) is 5. The maximum Gasteiger partial charge on any atom is 0.227 e. The number of amides is 1. The van der Waals surface area contributed by atoms with Crippen LogP contribution in [0.4, 0.5) is 5.69 Å². The van der Waals surface area contributed by atoms with Crippen molar-refractivity contribution in [3.63, 3.8) is 0 Å². The van der Waals surface area contributed by atoms with Gasteiger partial charge >= 0.3 is 0 Å². The number of hydrogen-bond donors (Lipinski definition) is 2. The third kappa shape index (κ3) is 3.60. The molecule has 1 saturated heterocycles. The van der Waals surface area contributed by atoms with E-state index in [4.69, 9.17) is 9.26 Å². The van der Waals surface area contributed by atoms with Gasteiger partial charge in [0, 0.05) is 23.2 Å². The third-order valence-electron chi connectivity index (χ3n) is 5.10. The summed E-state index contributed by atoms with van der Waals surface area (Å²) in [5.74, 6) is 1.80. The summed E-state index contributed by atoms with van der Waals surface area (Å²) >= 11 is 0. The van der Waals surface area contributed by atoms with Gasteiger partial charge < -0.3 is 19.9 Å². The lowest BCUT2D eigenvalue weighted by Gasteiger charge is -2.16. The lowest BCUT2D eigenvalue weighted by atomic mass is 10.0. The Morgan fingerprint density at radius 3 is 2.85 bits per heavy atom. The monoisotopic (exact) mass is 355 g/mol. The minimum absolute atomic E-state index is 0.0959. The molecule has 6 nitrogen and oxygen atoms in total. The van der Waals surface area contributed by atoms with Crippen LogP contribution in [0.2, 0.25) is 0 Å². The molecule has 1 aromatic carbocycles. The SMILES string of the molecule is Cc1noc(C)c1-c1cc(NC(=O)C2CC2)ccc1OC[C@@H]1CCCN1. The number of nitrogens with zero attached hydrogens (tertiary/aromatic N) is 1. The van der Waals surface area contributed by atoms with Crippen LogP contribution in [0.1, 0.15) is 37.1 Å². The molecule has 1 aliphatic carbocycles. The fraction of sp³-hybridized carbons (Fsp3) is 0.500. The van der Waals surface area contributed by atoms with Gasteiger partial charge in [0.05, 0.1) is 11.3 Å². The van der Waals surface area contributed by atoms with Gasteiger partial charge in [-0.25, -0.2) is 0 Å². The molecule has 2 heterocycles. The molecule has 138 valence electrons. The molecular formula is C20H25N3O3. The molecule has 0 unspecified atom stereocenters.